The van der Waals surface area contributed by atoms with E-state index < -0.39 is 40.4 Å². The van der Waals surface area contributed by atoms with Crippen LogP contribution in [0.15, 0.2) is 41.5 Å². The molecule has 2 aliphatic rings. The van der Waals surface area contributed by atoms with Gasteiger partial charge in [-0.15, -0.1) is 11.8 Å². The molecule has 2 saturated heterocycles. The predicted molar refractivity (Wildman–Crippen MR) is 136 cm³/mol. The fraction of sp³-hybridized carbons (Fsp3) is 0.333. The van der Waals surface area contributed by atoms with Crippen molar-refractivity contribution in [1.29, 1.82) is 0 Å². The number of hydrazone groups is 1. The standard InChI is InChI=1S/C24H27N5O6S/c30-18-8-3-14(21(32)22(18)33)12-25-28-23(34)17-13-36-19(24(35)27-17)11-20(31)26-15-4-6-16(7-5-15)29-9-1-2-10-29/h3-8,12,17,19,30,32-33H,1-2,9-11,13H2,(H,26,31)(H,27,35)(H,28,34)/b25-12+. The topological polar surface area (TPSA) is 164 Å². The van der Waals surface area contributed by atoms with E-state index in [-0.39, 0.29) is 23.6 Å². The van der Waals surface area contributed by atoms with Gasteiger partial charge in [0, 0.05) is 42.2 Å². The van der Waals surface area contributed by atoms with Crippen molar-refractivity contribution in [2.24, 2.45) is 5.10 Å². The molecular weight excluding hydrogens is 486 g/mol. The maximum atomic E-state index is 12.5. The first-order chi connectivity index (χ1) is 17.3. The van der Waals surface area contributed by atoms with Gasteiger partial charge in [0.2, 0.25) is 17.6 Å². The first-order valence-corrected chi connectivity index (χ1v) is 12.5. The molecule has 3 amide bonds. The van der Waals surface area contributed by atoms with E-state index >= 15 is 0 Å². The molecule has 0 aliphatic carbocycles. The third-order valence-electron chi connectivity index (χ3n) is 5.92. The van der Waals surface area contributed by atoms with Crippen LogP contribution in [0.3, 0.4) is 0 Å². The smallest absolute Gasteiger partial charge is 0.263 e. The molecule has 2 aromatic rings. The van der Waals surface area contributed by atoms with Crippen LogP contribution < -0.4 is 21.0 Å². The van der Waals surface area contributed by atoms with Gasteiger partial charge in [-0.3, -0.25) is 14.4 Å². The van der Waals surface area contributed by atoms with E-state index in [4.69, 9.17) is 0 Å². The summed E-state index contributed by atoms with van der Waals surface area (Å²) in [5.74, 6) is -2.81. The number of nitrogens with zero attached hydrogens (tertiary/aromatic N) is 2. The first kappa shape index (κ1) is 25.2. The molecule has 2 heterocycles. The van der Waals surface area contributed by atoms with Crippen molar-refractivity contribution in [3.05, 3.63) is 42.0 Å². The van der Waals surface area contributed by atoms with Crippen LogP contribution in [0.4, 0.5) is 11.4 Å². The normalized spacial score (nSPS) is 19.8. The third kappa shape index (κ3) is 6.00. The summed E-state index contributed by atoms with van der Waals surface area (Å²) < 4.78 is 0. The SMILES string of the molecule is O=C(CC1SCC(C(=O)N/N=C/c2ccc(O)c(O)c2O)NC1=O)Nc1ccc(N2CCCC2)cc1. The van der Waals surface area contributed by atoms with Crippen LogP contribution in [0.25, 0.3) is 0 Å². The molecular formula is C24H27N5O6S. The van der Waals surface area contributed by atoms with Crippen molar-refractivity contribution in [3.63, 3.8) is 0 Å². The quantitative estimate of drug-likeness (QED) is 0.184. The fourth-order valence-electron chi connectivity index (χ4n) is 3.93. The number of aromatic hydroxyl groups is 3. The second-order valence-corrected chi connectivity index (χ2v) is 9.72. The Kier molecular flexibility index (Phi) is 7.84. The lowest BCUT2D eigenvalue weighted by Crippen LogP contribution is -2.53. The molecule has 190 valence electrons. The molecule has 2 aromatic carbocycles. The number of amides is 3. The van der Waals surface area contributed by atoms with Crippen LogP contribution in [0, 0.1) is 0 Å². The van der Waals surface area contributed by atoms with Gasteiger partial charge in [-0.2, -0.15) is 5.10 Å². The summed E-state index contributed by atoms with van der Waals surface area (Å²) in [6, 6.07) is 9.26. The zero-order valence-electron chi connectivity index (χ0n) is 19.3. The lowest BCUT2D eigenvalue weighted by Gasteiger charge is -2.27. The number of hydrogen-bond donors (Lipinski definition) is 6. The Hall–Kier alpha value is -3.93. The Morgan fingerprint density at radius 3 is 2.50 bits per heavy atom. The van der Waals surface area contributed by atoms with E-state index in [1.807, 2.05) is 24.3 Å². The summed E-state index contributed by atoms with van der Waals surface area (Å²) in [6.07, 6.45) is 3.44. The Morgan fingerprint density at radius 1 is 1.08 bits per heavy atom. The number of nitrogens with one attached hydrogen (secondary N) is 3. The van der Waals surface area contributed by atoms with Gasteiger partial charge in [0.05, 0.1) is 11.5 Å². The van der Waals surface area contributed by atoms with Crippen molar-refractivity contribution >= 4 is 47.1 Å². The van der Waals surface area contributed by atoms with E-state index in [2.05, 4.69) is 26.1 Å². The van der Waals surface area contributed by atoms with Gasteiger partial charge in [0.25, 0.3) is 5.91 Å². The minimum atomic E-state index is -0.848. The van der Waals surface area contributed by atoms with Gasteiger partial charge in [-0.1, -0.05) is 0 Å². The third-order valence-corrected chi connectivity index (χ3v) is 7.23. The largest absolute Gasteiger partial charge is 0.504 e. The van der Waals surface area contributed by atoms with Gasteiger partial charge in [0.1, 0.15) is 6.04 Å². The van der Waals surface area contributed by atoms with Gasteiger partial charge >= 0.3 is 0 Å². The second-order valence-electron chi connectivity index (χ2n) is 8.48. The molecule has 2 atom stereocenters. The lowest BCUT2D eigenvalue weighted by molar-refractivity contribution is -0.129. The van der Waals surface area contributed by atoms with Gasteiger partial charge in [0.15, 0.2) is 11.5 Å². The average molecular weight is 514 g/mol. The van der Waals surface area contributed by atoms with E-state index in [9.17, 15) is 29.7 Å². The molecule has 0 spiro atoms. The molecule has 11 nitrogen and oxygen atoms in total. The fourth-order valence-corrected chi connectivity index (χ4v) is 5.08. The summed E-state index contributed by atoms with van der Waals surface area (Å²) in [5.41, 5.74) is 4.12. The van der Waals surface area contributed by atoms with Crippen molar-refractivity contribution in [3.8, 4) is 17.2 Å². The molecule has 0 radical (unpaired) electrons. The van der Waals surface area contributed by atoms with Crippen LogP contribution in [-0.4, -0.2) is 69.4 Å². The molecule has 12 heteroatoms. The number of rotatable bonds is 7. The van der Waals surface area contributed by atoms with E-state index in [0.29, 0.717) is 5.69 Å². The van der Waals surface area contributed by atoms with Crippen molar-refractivity contribution < 1.29 is 29.7 Å². The Morgan fingerprint density at radius 2 is 1.81 bits per heavy atom. The van der Waals surface area contributed by atoms with E-state index in [1.54, 1.807) is 0 Å². The Balaban J connectivity index is 1.23. The molecule has 36 heavy (non-hydrogen) atoms. The zero-order valence-corrected chi connectivity index (χ0v) is 20.1. The highest BCUT2D eigenvalue weighted by Gasteiger charge is 2.33. The number of carbonyl (C=O) groups is 3. The molecule has 2 unspecified atom stereocenters. The van der Waals surface area contributed by atoms with Crippen LogP contribution >= 0.6 is 11.8 Å². The maximum Gasteiger partial charge on any atom is 0.263 e. The van der Waals surface area contributed by atoms with Crippen molar-refractivity contribution in [1.82, 2.24) is 10.7 Å². The van der Waals surface area contributed by atoms with Crippen LogP contribution in [0.2, 0.25) is 0 Å². The van der Waals surface area contributed by atoms with Crippen molar-refractivity contribution in [2.45, 2.75) is 30.6 Å². The van der Waals surface area contributed by atoms with Crippen LogP contribution in [0.5, 0.6) is 17.2 Å². The number of thioether (sulfide) groups is 1. The molecule has 0 aromatic heterocycles. The number of phenols is 3. The summed E-state index contributed by atoms with van der Waals surface area (Å²) in [7, 11) is 0. The summed E-state index contributed by atoms with van der Waals surface area (Å²) in [6.45, 7) is 2.08. The number of carbonyl (C=O) groups excluding carboxylic acids is 3. The average Bonchev–Trinajstić information content (AvgIpc) is 3.41. The first-order valence-electron chi connectivity index (χ1n) is 11.5. The minimum Gasteiger partial charge on any atom is -0.504 e. The molecule has 0 bridgehead atoms. The summed E-state index contributed by atoms with van der Waals surface area (Å²) in [5, 5.41) is 37.1. The van der Waals surface area contributed by atoms with Gasteiger partial charge < -0.3 is 30.9 Å². The maximum absolute atomic E-state index is 12.5. The number of hydrogen-bond acceptors (Lipinski definition) is 9. The molecule has 6 N–H and O–H groups in total. The zero-order chi connectivity index (χ0) is 25.7. The summed E-state index contributed by atoms with van der Waals surface area (Å²) >= 11 is 1.21. The van der Waals surface area contributed by atoms with Gasteiger partial charge in [-0.25, -0.2) is 5.43 Å². The highest BCUT2D eigenvalue weighted by Crippen LogP contribution is 2.36. The molecule has 4 rings (SSSR count). The molecule has 0 saturated carbocycles. The lowest BCUT2D eigenvalue weighted by atomic mass is 10.2. The number of benzene rings is 2. The van der Waals surface area contributed by atoms with Crippen LogP contribution in [-0.2, 0) is 14.4 Å². The minimum absolute atomic E-state index is 0.0273. The number of anilines is 2. The van der Waals surface area contributed by atoms with Crippen molar-refractivity contribution in [2.75, 3.05) is 29.1 Å². The second kappa shape index (κ2) is 11.2. The highest BCUT2D eigenvalue weighted by atomic mass is 32.2. The molecule has 2 fully saturated rings. The summed E-state index contributed by atoms with van der Waals surface area (Å²) in [4.78, 5) is 39.6. The van der Waals surface area contributed by atoms with Crippen LogP contribution in [0.1, 0.15) is 24.8 Å². The number of phenolic OH excluding ortho intramolecular Hbond substituents is 3. The molecule has 2 aliphatic heterocycles. The van der Waals surface area contributed by atoms with Gasteiger partial charge in [-0.05, 0) is 49.2 Å². The monoisotopic (exact) mass is 513 g/mol. The van der Waals surface area contributed by atoms with E-state index in [1.165, 1.54) is 30.7 Å². The van der Waals surface area contributed by atoms with E-state index in [0.717, 1.165) is 31.1 Å². The Labute approximate surface area is 211 Å². The highest BCUT2D eigenvalue weighted by molar-refractivity contribution is 8.00. The predicted octanol–water partition coefficient (Wildman–Crippen LogP) is 1.48. The Bertz CT molecular complexity index is 1170.